The Labute approximate surface area is 151 Å². The molecule has 0 aliphatic carbocycles. The molecule has 4 N–H and O–H groups in total. The van der Waals surface area contributed by atoms with E-state index in [2.05, 4.69) is 0 Å². The summed E-state index contributed by atoms with van der Waals surface area (Å²) in [5.41, 5.74) is 0.772. The second-order valence-corrected chi connectivity index (χ2v) is 5.92. The van der Waals surface area contributed by atoms with Gasteiger partial charge >= 0.3 is 5.97 Å². The van der Waals surface area contributed by atoms with Crippen molar-refractivity contribution in [1.29, 1.82) is 0 Å². The average molecular weight is 368 g/mol. The molecule has 2 unspecified atom stereocenters. The van der Waals surface area contributed by atoms with Crippen LogP contribution in [0.2, 0.25) is 0 Å². The van der Waals surface area contributed by atoms with E-state index in [0.29, 0.717) is 6.61 Å². The van der Waals surface area contributed by atoms with Crippen LogP contribution in [0.15, 0.2) is 30.3 Å². The van der Waals surface area contributed by atoms with Crippen LogP contribution in [0.25, 0.3) is 6.08 Å². The van der Waals surface area contributed by atoms with Gasteiger partial charge in [0.2, 0.25) is 0 Å². The molecule has 5 atom stereocenters. The zero-order valence-electron chi connectivity index (χ0n) is 14.4. The van der Waals surface area contributed by atoms with Gasteiger partial charge < -0.3 is 34.6 Å². The van der Waals surface area contributed by atoms with Crippen molar-refractivity contribution in [1.82, 2.24) is 0 Å². The molecule has 1 aliphatic rings. The zero-order chi connectivity index (χ0) is 19.1. The fourth-order valence-electron chi connectivity index (χ4n) is 2.34. The van der Waals surface area contributed by atoms with Crippen LogP contribution < -0.4 is 4.74 Å². The summed E-state index contributed by atoms with van der Waals surface area (Å²) in [6.45, 7) is 2.27. The molecule has 144 valence electrons. The van der Waals surface area contributed by atoms with Crippen molar-refractivity contribution in [3.63, 3.8) is 0 Å². The van der Waals surface area contributed by atoms with Crippen LogP contribution in [0.4, 0.5) is 0 Å². The first kappa shape index (κ1) is 20.3. The summed E-state index contributed by atoms with van der Waals surface area (Å²) in [6, 6.07) is 7.16. The fraction of sp³-hybridized carbons (Fsp3) is 0.500. The van der Waals surface area contributed by atoms with Gasteiger partial charge in [0.05, 0.1) is 6.61 Å². The number of aliphatic hydroxyl groups is 4. The third kappa shape index (κ3) is 5.52. The lowest BCUT2D eigenvalue weighted by atomic mass is 9.99. The molecule has 0 saturated carbocycles. The van der Waals surface area contributed by atoms with Gasteiger partial charge in [0, 0.05) is 6.08 Å². The SMILES string of the molecule is CCCOc1ccc(/C=C/C(=O)OCC2O[C@H](O)C(O)[C@@H](O)[C@@H]2O)cc1. The fourth-order valence-corrected chi connectivity index (χ4v) is 2.34. The molecule has 2 rings (SSSR count). The van der Waals surface area contributed by atoms with E-state index in [9.17, 15) is 25.2 Å². The lowest BCUT2D eigenvalue weighted by Gasteiger charge is -2.37. The van der Waals surface area contributed by atoms with Gasteiger partial charge in [-0.15, -0.1) is 0 Å². The summed E-state index contributed by atoms with van der Waals surface area (Å²) in [5, 5.41) is 38.1. The highest BCUT2D eigenvalue weighted by molar-refractivity contribution is 5.87. The van der Waals surface area contributed by atoms with Gasteiger partial charge in [0.15, 0.2) is 6.29 Å². The Balaban J connectivity index is 1.82. The third-order valence-electron chi connectivity index (χ3n) is 3.84. The van der Waals surface area contributed by atoms with Crippen LogP contribution >= 0.6 is 0 Å². The predicted molar refractivity (Wildman–Crippen MR) is 91.1 cm³/mol. The van der Waals surface area contributed by atoms with Crippen molar-refractivity contribution in [2.24, 2.45) is 0 Å². The number of benzene rings is 1. The lowest BCUT2D eigenvalue weighted by Crippen LogP contribution is -2.58. The topological polar surface area (TPSA) is 126 Å². The number of esters is 1. The Morgan fingerprint density at radius 2 is 1.81 bits per heavy atom. The summed E-state index contributed by atoms with van der Waals surface area (Å²) >= 11 is 0. The van der Waals surface area contributed by atoms with Crippen LogP contribution in [0.3, 0.4) is 0 Å². The summed E-state index contributed by atoms with van der Waals surface area (Å²) < 4.78 is 15.3. The average Bonchev–Trinajstić information content (AvgIpc) is 2.65. The van der Waals surface area contributed by atoms with Gasteiger partial charge in [-0.25, -0.2) is 4.79 Å². The monoisotopic (exact) mass is 368 g/mol. The third-order valence-corrected chi connectivity index (χ3v) is 3.84. The Hall–Kier alpha value is -1.97. The van der Waals surface area contributed by atoms with E-state index < -0.39 is 36.7 Å². The first-order chi connectivity index (χ1) is 12.4. The number of hydrogen-bond donors (Lipinski definition) is 4. The maximum atomic E-state index is 11.8. The molecular weight excluding hydrogens is 344 g/mol. The molecule has 0 spiro atoms. The molecule has 1 saturated heterocycles. The van der Waals surface area contributed by atoms with E-state index in [1.807, 2.05) is 6.92 Å². The maximum Gasteiger partial charge on any atom is 0.330 e. The molecule has 0 aromatic heterocycles. The molecular formula is C18H24O8. The Morgan fingerprint density at radius 3 is 2.46 bits per heavy atom. The second-order valence-electron chi connectivity index (χ2n) is 5.92. The van der Waals surface area contributed by atoms with E-state index in [-0.39, 0.29) is 6.61 Å². The highest BCUT2D eigenvalue weighted by Crippen LogP contribution is 2.20. The van der Waals surface area contributed by atoms with Crippen molar-refractivity contribution >= 4 is 12.0 Å². The van der Waals surface area contributed by atoms with E-state index in [1.54, 1.807) is 30.3 Å². The Kier molecular flexibility index (Phi) is 7.55. The van der Waals surface area contributed by atoms with Crippen molar-refractivity contribution in [2.75, 3.05) is 13.2 Å². The highest BCUT2D eigenvalue weighted by Gasteiger charge is 2.43. The number of hydrogen-bond acceptors (Lipinski definition) is 8. The minimum atomic E-state index is -1.67. The van der Waals surface area contributed by atoms with Crippen LogP contribution in [0, 0.1) is 0 Å². The van der Waals surface area contributed by atoms with E-state index in [0.717, 1.165) is 17.7 Å². The van der Waals surface area contributed by atoms with Gasteiger partial charge in [-0.3, -0.25) is 0 Å². The smallest absolute Gasteiger partial charge is 0.330 e. The molecule has 0 amide bonds. The Bertz CT molecular complexity index is 600. The van der Waals surface area contributed by atoms with Crippen LogP contribution in [0.5, 0.6) is 5.75 Å². The minimum Gasteiger partial charge on any atom is -0.494 e. The number of ether oxygens (including phenoxy) is 3. The zero-order valence-corrected chi connectivity index (χ0v) is 14.4. The van der Waals surface area contributed by atoms with Crippen LogP contribution in [-0.4, -0.2) is 70.3 Å². The molecule has 0 radical (unpaired) electrons. The molecule has 1 aromatic rings. The van der Waals surface area contributed by atoms with E-state index in [1.165, 1.54) is 6.08 Å². The minimum absolute atomic E-state index is 0.380. The first-order valence-corrected chi connectivity index (χ1v) is 8.37. The molecule has 0 bridgehead atoms. The normalized spacial score (nSPS) is 28.9. The van der Waals surface area contributed by atoms with Gasteiger partial charge in [-0.05, 0) is 30.2 Å². The van der Waals surface area contributed by atoms with Crippen molar-refractivity contribution in [3.05, 3.63) is 35.9 Å². The van der Waals surface area contributed by atoms with Crippen molar-refractivity contribution < 1.29 is 39.4 Å². The van der Waals surface area contributed by atoms with Crippen LogP contribution in [-0.2, 0) is 14.3 Å². The molecule has 1 heterocycles. The molecule has 1 fully saturated rings. The van der Waals surface area contributed by atoms with Gasteiger partial charge in [0.25, 0.3) is 0 Å². The maximum absolute atomic E-state index is 11.8. The predicted octanol–water partition coefficient (Wildman–Crippen LogP) is -0.168. The summed E-state index contributed by atoms with van der Waals surface area (Å²) in [4.78, 5) is 11.8. The van der Waals surface area contributed by atoms with Gasteiger partial charge in [-0.2, -0.15) is 0 Å². The largest absolute Gasteiger partial charge is 0.494 e. The summed E-state index contributed by atoms with van der Waals surface area (Å²) in [5.74, 6) is 0.0662. The molecule has 8 heteroatoms. The number of rotatable bonds is 7. The summed E-state index contributed by atoms with van der Waals surface area (Å²) in [7, 11) is 0. The number of carbonyl (C=O) groups excluding carboxylic acids is 1. The van der Waals surface area contributed by atoms with Gasteiger partial charge in [0.1, 0.15) is 36.8 Å². The second kappa shape index (κ2) is 9.65. The molecule has 1 aromatic carbocycles. The van der Waals surface area contributed by atoms with E-state index in [4.69, 9.17) is 14.2 Å². The van der Waals surface area contributed by atoms with E-state index >= 15 is 0 Å². The first-order valence-electron chi connectivity index (χ1n) is 8.37. The highest BCUT2D eigenvalue weighted by atomic mass is 16.6. The number of carbonyl (C=O) groups is 1. The molecule has 26 heavy (non-hydrogen) atoms. The number of aliphatic hydroxyl groups excluding tert-OH is 4. The lowest BCUT2D eigenvalue weighted by molar-refractivity contribution is -0.287. The standard InChI is InChI=1S/C18H24O8/c1-2-9-24-12-6-3-11(4-7-12)5-8-14(19)25-10-13-15(20)16(21)17(22)18(23)26-13/h3-8,13,15-18,20-23H,2,9-10H2,1H3/b8-5+/t13?,15-,16+,17?,18+/m1/s1. The molecule has 8 nitrogen and oxygen atoms in total. The van der Waals surface area contributed by atoms with Gasteiger partial charge in [-0.1, -0.05) is 19.1 Å². The Morgan fingerprint density at radius 1 is 1.12 bits per heavy atom. The van der Waals surface area contributed by atoms with Crippen molar-refractivity contribution in [3.8, 4) is 5.75 Å². The summed E-state index contributed by atoms with van der Waals surface area (Å²) in [6.07, 6.45) is -3.83. The quantitative estimate of drug-likeness (QED) is 0.386. The van der Waals surface area contributed by atoms with Crippen molar-refractivity contribution in [2.45, 2.75) is 44.1 Å². The molecule has 1 aliphatic heterocycles. The van der Waals surface area contributed by atoms with Crippen LogP contribution in [0.1, 0.15) is 18.9 Å².